The average Bonchev–Trinajstić information content (AvgIpc) is 2.35. The van der Waals surface area contributed by atoms with Crippen molar-refractivity contribution in [3.63, 3.8) is 0 Å². The zero-order valence-electron chi connectivity index (χ0n) is 12.5. The van der Waals surface area contributed by atoms with Gasteiger partial charge >= 0.3 is 11.9 Å². The molecule has 0 saturated heterocycles. The first kappa shape index (κ1) is 16.0. The molecule has 0 aliphatic carbocycles. The van der Waals surface area contributed by atoms with E-state index < -0.39 is 11.9 Å². The van der Waals surface area contributed by atoms with Crippen LogP contribution in [0.1, 0.15) is 47.8 Å². The fraction of sp³-hybridized carbons (Fsp3) is 0.467. The normalized spacial score (nSPS) is 10.2. The molecule has 0 aromatic heterocycles. The maximum Gasteiger partial charge on any atom is 0.342 e. The molecule has 0 bridgehead atoms. The minimum absolute atomic E-state index is 0.0607. The highest BCUT2D eigenvalue weighted by Gasteiger charge is 2.25. The Balaban J connectivity index is 3.58. The molecule has 0 saturated carbocycles. The summed E-state index contributed by atoms with van der Waals surface area (Å²) in [6.07, 6.45) is 0.513. The van der Waals surface area contributed by atoms with Gasteiger partial charge in [-0.25, -0.2) is 4.79 Å². The molecule has 0 aliphatic rings. The van der Waals surface area contributed by atoms with Gasteiger partial charge in [-0.15, -0.1) is 0 Å². The topological polar surface area (TPSA) is 72.8 Å². The van der Waals surface area contributed by atoms with E-state index in [4.69, 9.17) is 9.47 Å². The van der Waals surface area contributed by atoms with Gasteiger partial charge in [0.2, 0.25) is 0 Å². The third kappa shape index (κ3) is 2.92. The van der Waals surface area contributed by atoms with Crippen LogP contribution in [0.25, 0.3) is 0 Å². The first-order valence-electron chi connectivity index (χ1n) is 6.55. The van der Waals surface area contributed by atoms with Crippen molar-refractivity contribution in [3.8, 4) is 11.5 Å². The van der Waals surface area contributed by atoms with Gasteiger partial charge < -0.3 is 14.6 Å². The van der Waals surface area contributed by atoms with Gasteiger partial charge in [0.1, 0.15) is 17.1 Å². The molecule has 0 radical (unpaired) electrons. The standard InChI is InChI=1S/C15H20O5/c1-6-11-8(3)14(20-10(5)16)9(4)12(13(11)17)15(18)19-7-2/h17H,6-7H2,1-5H3. The Bertz CT molecular complexity index is 546. The highest BCUT2D eigenvalue weighted by atomic mass is 16.5. The predicted molar refractivity (Wildman–Crippen MR) is 74.2 cm³/mol. The smallest absolute Gasteiger partial charge is 0.342 e. The van der Waals surface area contributed by atoms with E-state index in [1.165, 1.54) is 6.92 Å². The zero-order chi connectivity index (χ0) is 15.4. The molecule has 110 valence electrons. The van der Waals surface area contributed by atoms with Crippen LogP contribution < -0.4 is 4.74 Å². The number of hydrogen-bond acceptors (Lipinski definition) is 5. The number of phenols is 1. The van der Waals surface area contributed by atoms with Crippen molar-refractivity contribution in [2.45, 2.75) is 41.0 Å². The maximum absolute atomic E-state index is 12.0. The highest BCUT2D eigenvalue weighted by molar-refractivity contribution is 5.96. The number of aromatic hydroxyl groups is 1. The molecule has 0 aliphatic heterocycles. The van der Waals surface area contributed by atoms with E-state index in [1.54, 1.807) is 20.8 Å². The molecule has 0 fully saturated rings. The Kier molecular flexibility index (Phi) is 5.13. The van der Waals surface area contributed by atoms with Gasteiger partial charge in [0.05, 0.1) is 6.61 Å². The van der Waals surface area contributed by atoms with E-state index in [-0.39, 0.29) is 17.9 Å². The summed E-state index contributed by atoms with van der Waals surface area (Å²) in [5, 5.41) is 10.3. The first-order valence-corrected chi connectivity index (χ1v) is 6.55. The van der Waals surface area contributed by atoms with Crippen molar-refractivity contribution in [1.29, 1.82) is 0 Å². The summed E-state index contributed by atoms with van der Waals surface area (Å²) in [5.41, 5.74) is 1.71. The van der Waals surface area contributed by atoms with E-state index in [0.29, 0.717) is 28.9 Å². The van der Waals surface area contributed by atoms with Gasteiger partial charge in [-0.3, -0.25) is 4.79 Å². The van der Waals surface area contributed by atoms with Crippen LogP contribution in [0.15, 0.2) is 0 Å². The molecular formula is C15H20O5. The van der Waals surface area contributed by atoms with Crippen LogP contribution in [0.5, 0.6) is 11.5 Å². The van der Waals surface area contributed by atoms with Crippen molar-refractivity contribution in [2.24, 2.45) is 0 Å². The minimum Gasteiger partial charge on any atom is -0.507 e. The third-order valence-corrected chi connectivity index (χ3v) is 3.11. The van der Waals surface area contributed by atoms with Crippen LogP contribution in [-0.2, 0) is 16.0 Å². The van der Waals surface area contributed by atoms with Gasteiger partial charge in [0, 0.05) is 18.1 Å². The lowest BCUT2D eigenvalue weighted by Gasteiger charge is -2.18. The van der Waals surface area contributed by atoms with Gasteiger partial charge in [-0.2, -0.15) is 0 Å². The molecule has 1 aromatic rings. The lowest BCUT2D eigenvalue weighted by Crippen LogP contribution is -2.13. The number of esters is 2. The van der Waals surface area contributed by atoms with Crippen molar-refractivity contribution >= 4 is 11.9 Å². The minimum atomic E-state index is -0.620. The second kappa shape index (κ2) is 6.41. The quantitative estimate of drug-likeness (QED) is 0.678. The van der Waals surface area contributed by atoms with Gasteiger partial charge in [0.25, 0.3) is 0 Å². The Morgan fingerprint density at radius 3 is 2.20 bits per heavy atom. The van der Waals surface area contributed by atoms with Crippen LogP contribution in [-0.4, -0.2) is 23.7 Å². The summed E-state index contributed by atoms with van der Waals surface area (Å²) in [5.74, 6) is -0.878. The van der Waals surface area contributed by atoms with Crippen LogP contribution in [0.4, 0.5) is 0 Å². The summed E-state index contributed by atoms with van der Waals surface area (Å²) < 4.78 is 10.1. The van der Waals surface area contributed by atoms with Crippen molar-refractivity contribution in [2.75, 3.05) is 6.61 Å². The number of rotatable bonds is 4. The molecule has 1 rings (SSSR count). The monoisotopic (exact) mass is 280 g/mol. The summed E-state index contributed by atoms with van der Waals surface area (Å²) in [4.78, 5) is 23.2. The number of carbonyl (C=O) groups excluding carboxylic acids is 2. The predicted octanol–water partition coefficient (Wildman–Crippen LogP) is 2.67. The molecule has 0 heterocycles. The number of phenolic OH excluding ortho intramolecular Hbond substituents is 1. The van der Waals surface area contributed by atoms with Crippen molar-refractivity contribution < 1.29 is 24.2 Å². The maximum atomic E-state index is 12.0. The second-order valence-corrected chi connectivity index (χ2v) is 4.45. The largest absolute Gasteiger partial charge is 0.507 e. The Morgan fingerprint density at radius 1 is 1.15 bits per heavy atom. The van der Waals surface area contributed by atoms with Gasteiger partial charge in [0.15, 0.2) is 0 Å². The molecule has 1 aromatic carbocycles. The molecule has 5 nitrogen and oxygen atoms in total. The van der Waals surface area contributed by atoms with Crippen LogP contribution in [0, 0.1) is 13.8 Å². The van der Waals surface area contributed by atoms with Crippen LogP contribution >= 0.6 is 0 Å². The van der Waals surface area contributed by atoms with Gasteiger partial charge in [-0.05, 0) is 32.8 Å². The van der Waals surface area contributed by atoms with E-state index in [2.05, 4.69) is 0 Å². The number of carbonyl (C=O) groups is 2. The lowest BCUT2D eigenvalue weighted by atomic mass is 9.95. The van der Waals surface area contributed by atoms with E-state index in [1.807, 2.05) is 6.92 Å². The van der Waals surface area contributed by atoms with Crippen molar-refractivity contribution in [1.82, 2.24) is 0 Å². The molecule has 20 heavy (non-hydrogen) atoms. The van der Waals surface area contributed by atoms with E-state index in [9.17, 15) is 14.7 Å². The number of benzene rings is 1. The second-order valence-electron chi connectivity index (χ2n) is 4.45. The summed E-state index contributed by atoms with van der Waals surface area (Å²) in [6, 6.07) is 0. The van der Waals surface area contributed by atoms with Crippen molar-refractivity contribution in [3.05, 3.63) is 22.3 Å². The number of ether oxygens (including phenoxy) is 2. The van der Waals surface area contributed by atoms with Crippen LogP contribution in [0.2, 0.25) is 0 Å². The molecule has 0 atom stereocenters. The lowest BCUT2D eigenvalue weighted by molar-refractivity contribution is -0.132. The molecule has 1 N–H and O–H groups in total. The summed E-state index contributed by atoms with van der Waals surface area (Å²) in [6.45, 7) is 8.41. The van der Waals surface area contributed by atoms with E-state index in [0.717, 1.165) is 0 Å². The zero-order valence-corrected chi connectivity index (χ0v) is 12.5. The summed E-state index contributed by atoms with van der Waals surface area (Å²) in [7, 11) is 0. The highest BCUT2D eigenvalue weighted by Crippen LogP contribution is 2.38. The Morgan fingerprint density at radius 2 is 1.75 bits per heavy atom. The SMILES string of the molecule is CCOC(=O)c1c(C)c(OC(C)=O)c(C)c(CC)c1O. The fourth-order valence-electron chi connectivity index (χ4n) is 2.22. The molecule has 0 unspecified atom stereocenters. The molecule has 5 heteroatoms. The third-order valence-electron chi connectivity index (χ3n) is 3.11. The average molecular weight is 280 g/mol. The molecule has 0 amide bonds. The molecule has 0 spiro atoms. The fourth-order valence-corrected chi connectivity index (χ4v) is 2.22. The van der Waals surface area contributed by atoms with Crippen LogP contribution in [0.3, 0.4) is 0 Å². The molecular weight excluding hydrogens is 260 g/mol. The summed E-state index contributed by atoms with van der Waals surface area (Å²) >= 11 is 0. The Hall–Kier alpha value is -2.04. The van der Waals surface area contributed by atoms with E-state index >= 15 is 0 Å². The first-order chi connectivity index (χ1) is 9.34. The number of hydrogen-bond donors (Lipinski definition) is 1. The Labute approximate surface area is 118 Å². The van der Waals surface area contributed by atoms with Gasteiger partial charge in [-0.1, -0.05) is 6.92 Å².